The standard InChI is InChI=1S/C30H30FN9O/c1-29(2,3)17-36-26-20(14-33)15-35-25-19(13-32)11-22(12-23(25)26)37-27(18-5-7-21(31)8-6-18)24-16-40(39-38-24)30(28(34)41)9-4-10-30/h5-8,11-12,15-16,27,37H,4,9-10,17H2,1-3H3,(H2,34,41)(H,35,36). The summed E-state index contributed by atoms with van der Waals surface area (Å²) >= 11 is 0. The average Bonchev–Trinajstić information content (AvgIpc) is 3.38. The zero-order valence-electron chi connectivity index (χ0n) is 23.1. The molecule has 1 fully saturated rings. The number of pyridine rings is 1. The van der Waals surface area contributed by atoms with E-state index in [4.69, 9.17) is 5.73 Å². The molecule has 1 amide bonds. The van der Waals surface area contributed by atoms with E-state index >= 15 is 0 Å². The zero-order valence-corrected chi connectivity index (χ0v) is 23.1. The van der Waals surface area contributed by atoms with E-state index in [2.05, 4.69) is 58.8 Å². The number of nitrogens with one attached hydrogen (secondary N) is 2. The third kappa shape index (κ3) is 5.27. The number of hydrogen-bond acceptors (Lipinski definition) is 8. The van der Waals surface area contributed by atoms with Crippen molar-refractivity contribution >= 4 is 28.2 Å². The SMILES string of the molecule is CC(C)(C)CNc1c(C#N)cnc2c(C#N)cc(NC(c3ccc(F)cc3)c3cn(C4(C(N)=O)CCC4)nn3)cc12. The van der Waals surface area contributed by atoms with Gasteiger partial charge in [0.1, 0.15) is 29.2 Å². The molecule has 0 radical (unpaired) electrons. The quantitative estimate of drug-likeness (QED) is 0.283. The van der Waals surface area contributed by atoms with Crippen LogP contribution in [0, 0.1) is 33.9 Å². The Morgan fingerprint density at radius 2 is 1.88 bits per heavy atom. The fraction of sp³-hybridized carbons (Fsp3) is 0.333. The van der Waals surface area contributed by atoms with Crippen LogP contribution in [0.1, 0.15) is 68.5 Å². The topological polar surface area (TPSA) is 158 Å². The highest BCUT2D eigenvalue weighted by atomic mass is 19.1. The molecule has 1 unspecified atom stereocenters. The number of fused-ring (bicyclic) bond motifs is 1. The number of aromatic nitrogens is 4. The molecule has 11 heteroatoms. The number of halogens is 1. The van der Waals surface area contributed by atoms with Crippen LogP contribution in [0.3, 0.4) is 0 Å². The minimum absolute atomic E-state index is 0.0710. The van der Waals surface area contributed by atoms with E-state index in [0.717, 1.165) is 6.42 Å². The summed E-state index contributed by atoms with van der Waals surface area (Å²) < 4.78 is 15.4. The van der Waals surface area contributed by atoms with E-state index in [1.54, 1.807) is 24.4 Å². The number of carbonyl (C=O) groups is 1. The molecule has 1 saturated carbocycles. The van der Waals surface area contributed by atoms with Crippen LogP contribution < -0.4 is 16.4 Å². The van der Waals surface area contributed by atoms with Crippen LogP contribution in [0.4, 0.5) is 15.8 Å². The highest BCUT2D eigenvalue weighted by molar-refractivity contribution is 5.99. The molecular formula is C30H30FN9O. The normalized spacial score (nSPS) is 14.9. The van der Waals surface area contributed by atoms with Crippen LogP contribution in [-0.2, 0) is 10.3 Å². The van der Waals surface area contributed by atoms with Crippen molar-refractivity contribution < 1.29 is 9.18 Å². The Hall–Kier alpha value is -5.03. The smallest absolute Gasteiger partial charge is 0.245 e. The third-order valence-electron chi connectivity index (χ3n) is 7.41. The van der Waals surface area contributed by atoms with Gasteiger partial charge in [-0.15, -0.1) is 5.10 Å². The number of nitrogens with zero attached hydrogens (tertiary/aromatic N) is 6. The molecule has 0 spiro atoms. The number of benzene rings is 2. The summed E-state index contributed by atoms with van der Waals surface area (Å²) in [6.07, 6.45) is 5.16. The largest absolute Gasteiger partial charge is 0.383 e. The van der Waals surface area contributed by atoms with Crippen molar-refractivity contribution in [3.63, 3.8) is 0 Å². The molecule has 0 bridgehead atoms. The van der Waals surface area contributed by atoms with Crippen LogP contribution in [0.15, 0.2) is 48.8 Å². The Morgan fingerprint density at radius 3 is 2.46 bits per heavy atom. The predicted molar refractivity (Wildman–Crippen MR) is 152 cm³/mol. The zero-order chi connectivity index (χ0) is 29.4. The van der Waals surface area contributed by atoms with E-state index in [0.29, 0.717) is 64.0 Å². The maximum Gasteiger partial charge on any atom is 0.245 e. The van der Waals surface area contributed by atoms with Gasteiger partial charge < -0.3 is 16.4 Å². The average molecular weight is 552 g/mol. The molecule has 1 atom stereocenters. The Bertz CT molecular complexity index is 1700. The molecular weight excluding hydrogens is 521 g/mol. The number of nitriles is 2. The van der Waals surface area contributed by atoms with Crippen molar-refractivity contribution in [3.8, 4) is 12.1 Å². The van der Waals surface area contributed by atoms with Gasteiger partial charge in [-0.1, -0.05) is 38.1 Å². The second-order valence-corrected chi connectivity index (χ2v) is 11.6. The lowest BCUT2D eigenvalue weighted by molar-refractivity contribution is -0.131. The van der Waals surface area contributed by atoms with Crippen molar-refractivity contribution in [1.29, 1.82) is 10.5 Å². The van der Waals surface area contributed by atoms with Crippen LogP contribution in [0.5, 0.6) is 0 Å². The van der Waals surface area contributed by atoms with E-state index in [9.17, 15) is 19.7 Å². The van der Waals surface area contributed by atoms with Gasteiger partial charge in [0.25, 0.3) is 0 Å². The molecule has 0 saturated heterocycles. The molecule has 2 aromatic heterocycles. The van der Waals surface area contributed by atoms with Crippen LogP contribution in [0.25, 0.3) is 10.9 Å². The number of amides is 1. The first-order chi connectivity index (χ1) is 19.5. The summed E-state index contributed by atoms with van der Waals surface area (Å²) in [7, 11) is 0. The van der Waals surface area contributed by atoms with Gasteiger partial charge in [-0.3, -0.25) is 9.78 Å². The van der Waals surface area contributed by atoms with Crippen molar-refractivity contribution in [2.45, 2.75) is 51.6 Å². The van der Waals surface area contributed by atoms with Crippen molar-refractivity contribution in [3.05, 3.63) is 77.0 Å². The van der Waals surface area contributed by atoms with Crippen molar-refractivity contribution in [2.24, 2.45) is 11.1 Å². The minimum Gasteiger partial charge on any atom is -0.383 e. The maximum absolute atomic E-state index is 13.8. The van der Waals surface area contributed by atoms with E-state index in [1.807, 2.05) is 6.07 Å². The molecule has 41 heavy (non-hydrogen) atoms. The van der Waals surface area contributed by atoms with Gasteiger partial charge in [0.15, 0.2) is 0 Å². The van der Waals surface area contributed by atoms with Gasteiger partial charge in [-0.05, 0) is 54.5 Å². The fourth-order valence-corrected chi connectivity index (χ4v) is 4.97. The number of rotatable bonds is 8. The van der Waals surface area contributed by atoms with Gasteiger partial charge >= 0.3 is 0 Å². The second-order valence-electron chi connectivity index (χ2n) is 11.6. The monoisotopic (exact) mass is 551 g/mol. The Labute approximate surface area is 237 Å². The number of nitrogens with two attached hydrogens (primary N) is 1. The third-order valence-corrected chi connectivity index (χ3v) is 7.41. The summed E-state index contributed by atoms with van der Waals surface area (Å²) in [5, 5.41) is 35.8. The van der Waals surface area contributed by atoms with E-state index in [1.165, 1.54) is 23.0 Å². The van der Waals surface area contributed by atoms with Gasteiger partial charge in [-0.2, -0.15) is 10.5 Å². The number of hydrogen-bond donors (Lipinski definition) is 3. The number of anilines is 2. The first-order valence-electron chi connectivity index (χ1n) is 13.3. The second kappa shape index (κ2) is 10.5. The van der Waals surface area contributed by atoms with Crippen molar-refractivity contribution in [1.82, 2.24) is 20.0 Å². The highest BCUT2D eigenvalue weighted by Crippen LogP contribution is 2.39. The Kier molecular flexibility index (Phi) is 7.06. The summed E-state index contributed by atoms with van der Waals surface area (Å²) in [4.78, 5) is 16.7. The lowest BCUT2D eigenvalue weighted by Crippen LogP contribution is -2.51. The summed E-state index contributed by atoms with van der Waals surface area (Å²) in [5.41, 5.74) is 8.20. The molecule has 1 aliphatic rings. The molecule has 4 aromatic rings. The summed E-state index contributed by atoms with van der Waals surface area (Å²) in [6.45, 7) is 6.82. The van der Waals surface area contributed by atoms with Crippen LogP contribution >= 0.6 is 0 Å². The predicted octanol–water partition coefficient (Wildman–Crippen LogP) is 4.73. The van der Waals surface area contributed by atoms with E-state index in [-0.39, 0.29) is 11.2 Å². The molecule has 4 N–H and O–H groups in total. The van der Waals surface area contributed by atoms with Gasteiger partial charge in [-0.25, -0.2) is 9.07 Å². The van der Waals surface area contributed by atoms with Crippen LogP contribution in [0.2, 0.25) is 0 Å². The molecule has 0 aliphatic heterocycles. The first-order valence-corrected chi connectivity index (χ1v) is 13.3. The number of carbonyl (C=O) groups excluding carboxylic acids is 1. The summed E-state index contributed by atoms with van der Waals surface area (Å²) in [5.74, 6) is -0.851. The Morgan fingerprint density at radius 1 is 1.17 bits per heavy atom. The van der Waals surface area contributed by atoms with Crippen LogP contribution in [-0.4, -0.2) is 32.4 Å². The first kappa shape index (κ1) is 27.5. The van der Waals surface area contributed by atoms with Gasteiger partial charge in [0, 0.05) is 23.8 Å². The lowest BCUT2D eigenvalue weighted by atomic mass is 9.76. The fourth-order valence-electron chi connectivity index (χ4n) is 4.97. The lowest BCUT2D eigenvalue weighted by Gasteiger charge is -2.38. The molecule has 208 valence electrons. The molecule has 10 nitrogen and oxygen atoms in total. The molecule has 1 aliphatic carbocycles. The van der Waals surface area contributed by atoms with E-state index < -0.39 is 17.5 Å². The Balaban J connectivity index is 1.61. The van der Waals surface area contributed by atoms with Crippen molar-refractivity contribution in [2.75, 3.05) is 17.2 Å². The van der Waals surface area contributed by atoms with Gasteiger partial charge in [0.05, 0.1) is 34.6 Å². The highest BCUT2D eigenvalue weighted by Gasteiger charge is 2.46. The summed E-state index contributed by atoms with van der Waals surface area (Å²) in [6, 6.07) is 13.3. The molecule has 5 rings (SSSR count). The minimum atomic E-state index is -0.914. The molecule has 2 aromatic carbocycles. The van der Waals surface area contributed by atoms with Gasteiger partial charge in [0.2, 0.25) is 5.91 Å². The number of primary amides is 1. The maximum atomic E-state index is 13.8. The molecule has 2 heterocycles.